The van der Waals surface area contributed by atoms with E-state index in [1.807, 2.05) is 24.3 Å². The van der Waals surface area contributed by atoms with Gasteiger partial charge in [-0.2, -0.15) is 0 Å². The van der Waals surface area contributed by atoms with E-state index in [1.165, 1.54) is 24.0 Å². The first-order chi connectivity index (χ1) is 11.3. The fraction of sp³-hybridized carbons (Fsp3) is 0.400. The van der Waals surface area contributed by atoms with Crippen LogP contribution in [0.2, 0.25) is 0 Å². The highest BCUT2D eigenvalue weighted by atomic mass is 35.5. The SMILES string of the molecule is CN1CCC[C@@H]2c3c(OCc4ccccc4)cccc3OC[C@H]21.Cl. The minimum Gasteiger partial charge on any atom is -0.491 e. The zero-order valence-corrected chi connectivity index (χ0v) is 14.8. The number of ether oxygens (including phenoxy) is 2. The van der Waals surface area contributed by atoms with Gasteiger partial charge in [-0.05, 0) is 44.1 Å². The Morgan fingerprint density at radius 3 is 2.79 bits per heavy atom. The smallest absolute Gasteiger partial charge is 0.127 e. The molecule has 4 rings (SSSR count). The van der Waals surface area contributed by atoms with Gasteiger partial charge in [0.2, 0.25) is 0 Å². The first kappa shape index (κ1) is 17.1. The van der Waals surface area contributed by atoms with E-state index in [4.69, 9.17) is 9.47 Å². The molecule has 3 nitrogen and oxygen atoms in total. The molecule has 1 fully saturated rings. The first-order valence-electron chi connectivity index (χ1n) is 8.45. The molecule has 2 aliphatic rings. The molecule has 2 heterocycles. The van der Waals surface area contributed by atoms with Crippen molar-refractivity contribution >= 4 is 12.4 Å². The van der Waals surface area contributed by atoms with Crippen LogP contribution in [0.5, 0.6) is 11.5 Å². The summed E-state index contributed by atoms with van der Waals surface area (Å²) in [6.07, 6.45) is 2.46. The summed E-state index contributed by atoms with van der Waals surface area (Å²) in [6.45, 7) is 2.55. The van der Waals surface area contributed by atoms with E-state index in [-0.39, 0.29) is 12.4 Å². The van der Waals surface area contributed by atoms with Crippen LogP contribution in [0.3, 0.4) is 0 Å². The molecule has 128 valence electrons. The van der Waals surface area contributed by atoms with Crippen LogP contribution in [-0.2, 0) is 6.61 Å². The lowest BCUT2D eigenvalue weighted by Crippen LogP contribution is -2.47. The number of likely N-dealkylation sites (tertiary alicyclic amines) is 1. The summed E-state index contributed by atoms with van der Waals surface area (Å²) < 4.78 is 12.2. The molecular formula is C20H24ClNO2. The fourth-order valence-corrected chi connectivity index (χ4v) is 3.86. The highest BCUT2D eigenvalue weighted by Gasteiger charge is 2.37. The van der Waals surface area contributed by atoms with Crippen LogP contribution in [-0.4, -0.2) is 31.1 Å². The summed E-state index contributed by atoms with van der Waals surface area (Å²) >= 11 is 0. The molecule has 2 aliphatic heterocycles. The third kappa shape index (κ3) is 3.24. The molecule has 0 N–H and O–H groups in total. The molecule has 0 saturated carbocycles. The third-order valence-corrected chi connectivity index (χ3v) is 5.10. The lowest BCUT2D eigenvalue weighted by molar-refractivity contribution is 0.0845. The standard InChI is InChI=1S/C20H23NO2.ClH/c1-21-12-6-9-16-17(21)14-23-19-11-5-10-18(20(16)19)22-13-15-7-3-2-4-8-15;/h2-5,7-8,10-11,16-17H,6,9,12-14H2,1H3;1H/t16-,17+;/m0./s1. The van der Waals surface area contributed by atoms with Crippen molar-refractivity contribution < 1.29 is 9.47 Å². The van der Waals surface area contributed by atoms with Gasteiger partial charge in [-0.25, -0.2) is 0 Å². The molecule has 0 unspecified atom stereocenters. The van der Waals surface area contributed by atoms with Gasteiger partial charge in [-0.1, -0.05) is 36.4 Å². The Kier molecular flexibility index (Phi) is 5.32. The van der Waals surface area contributed by atoms with E-state index in [0.717, 1.165) is 24.7 Å². The van der Waals surface area contributed by atoms with Crippen LogP contribution in [0, 0.1) is 0 Å². The molecule has 0 amide bonds. The summed E-state index contributed by atoms with van der Waals surface area (Å²) in [4.78, 5) is 2.44. The molecule has 2 aromatic carbocycles. The van der Waals surface area contributed by atoms with E-state index in [9.17, 15) is 0 Å². The number of hydrogen-bond acceptors (Lipinski definition) is 3. The minimum absolute atomic E-state index is 0. The Labute approximate surface area is 150 Å². The van der Waals surface area contributed by atoms with Gasteiger partial charge in [-0.3, -0.25) is 4.90 Å². The predicted octanol–water partition coefficient (Wildman–Crippen LogP) is 4.26. The van der Waals surface area contributed by atoms with Gasteiger partial charge < -0.3 is 9.47 Å². The Hall–Kier alpha value is -1.71. The maximum atomic E-state index is 6.18. The van der Waals surface area contributed by atoms with E-state index < -0.39 is 0 Å². The molecule has 24 heavy (non-hydrogen) atoms. The monoisotopic (exact) mass is 345 g/mol. The summed E-state index contributed by atoms with van der Waals surface area (Å²) in [5.41, 5.74) is 2.46. The number of halogens is 1. The van der Waals surface area contributed by atoms with E-state index in [0.29, 0.717) is 18.6 Å². The number of benzene rings is 2. The Morgan fingerprint density at radius 2 is 1.96 bits per heavy atom. The highest BCUT2D eigenvalue weighted by molar-refractivity contribution is 5.85. The minimum atomic E-state index is 0. The summed E-state index contributed by atoms with van der Waals surface area (Å²) in [6, 6.07) is 17.0. The molecule has 1 saturated heterocycles. The van der Waals surface area contributed by atoms with Crippen LogP contribution in [0.15, 0.2) is 48.5 Å². The van der Waals surface area contributed by atoms with Crippen molar-refractivity contribution in [2.45, 2.75) is 31.4 Å². The maximum absolute atomic E-state index is 6.18. The second-order valence-electron chi connectivity index (χ2n) is 6.55. The van der Waals surface area contributed by atoms with Crippen LogP contribution in [0.25, 0.3) is 0 Å². The maximum Gasteiger partial charge on any atom is 0.127 e. The number of rotatable bonds is 3. The lowest BCUT2D eigenvalue weighted by Gasteiger charge is -2.43. The number of likely N-dealkylation sites (N-methyl/N-ethyl adjacent to an activating group) is 1. The van der Waals surface area contributed by atoms with E-state index in [2.05, 4.69) is 36.2 Å². The average molecular weight is 346 g/mol. The van der Waals surface area contributed by atoms with Gasteiger partial charge in [0, 0.05) is 11.5 Å². The van der Waals surface area contributed by atoms with Gasteiger partial charge in [0.1, 0.15) is 24.7 Å². The largest absolute Gasteiger partial charge is 0.491 e. The van der Waals surface area contributed by atoms with Crippen LogP contribution >= 0.6 is 12.4 Å². The second kappa shape index (κ2) is 7.45. The van der Waals surface area contributed by atoms with Gasteiger partial charge >= 0.3 is 0 Å². The van der Waals surface area contributed by atoms with Gasteiger partial charge in [0.05, 0.1) is 6.04 Å². The molecule has 0 radical (unpaired) electrons. The number of piperidine rings is 1. The van der Waals surface area contributed by atoms with E-state index >= 15 is 0 Å². The molecule has 4 heteroatoms. The van der Waals surface area contributed by atoms with Crippen molar-refractivity contribution in [3.8, 4) is 11.5 Å². The number of nitrogens with zero attached hydrogens (tertiary/aromatic N) is 1. The van der Waals surface area contributed by atoms with Crippen LogP contribution in [0.4, 0.5) is 0 Å². The third-order valence-electron chi connectivity index (χ3n) is 5.10. The Balaban J connectivity index is 0.00000169. The van der Waals surface area contributed by atoms with Crippen molar-refractivity contribution in [1.82, 2.24) is 4.90 Å². The van der Waals surface area contributed by atoms with Crippen LogP contribution < -0.4 is 9.47 Å². The van der Waals surface area contributed by atoms with Gasteiger partial charge in [0.25, 0.3) is 0 Å². The molecule has 0 aromatic heterocycles. The van der Waals surface area contributed by atoms with Crippen molar-refractivity contribution in [2.24, 2.45) is 0 Å². The van der Waals surface area contributed by atoms with Gasteiger partial charge in [-0.15, -0.1) is 12.4 Å². The molecule has 0 spiro atoms. The normalized spacial score (nSPS) is 22.5. The molecule has 2 atom stereocenters. The van der Waals surface area contributed by atoms with Crippen molar-refractivity contribution in [3.05, 3.63) is 59.7 Å². The lowest BCUT2D eigenvalue weighted by atomic mass is 9.81. The second-order valence-corrected chi connectivity index (χ2v) is 6.55. The molecule has 0 aliphatic carbocycles. The number of hydrogen-bond donors (Lipinski definition) is 0. The Morgan fingerprint density at radius 1 is 1.12 bits per heavy atom. The summed E-state index contributed by atoms with van der Waals surface area (Å²) in [5, 5.41) is 0. The summed E-state index contributed by atoms with van der Waals surface area (Å²) in [7, 11) is 2.21. The van der Waals surface area contributed by atoms with Gasteiger partial charge in [0.15, 0.2) is 0 Å². The number of fused-ring (bicyclic) bond motifs is 3. The molecule has 2 aromatic rings. The van der Waals surface area contributed by atoms with Crippen molar-refractivity contribution in [2.75, 3.05) is 20.2 Å². The van der Waals surface area contributed by atoms with Crippen molar-refractivity contribution in [1.29, 1.82) is 0 Å². The zero-order chi connectivity index (χ0) is 15.6. The molecule has 0 bridgehead atoms. The average Bonchev–Trinajstić information content (AvgIpc) is 2.61. The zero-order valence-electron chi connectivity index (χ0n) is 14.0. The predicted molar refractivity (Wildman–Crippen MR) is 98.4 cm³/mol. The first-order valence-corrected chi connectivity index (χ1v) is 8.45. The van der Waals surface area contributed by atoms with Crippen LogP contribution in [0.1, 0.15) is 29.9 Å². The fourth-order valence-electron chi connectivity index (χ4n) is 3.86. The summed E-state index contributed by atoms with van der Waals surface area (Å²) in [5.74, 6) is 2.51. The molecular weight excluding hydrogens is 322 g/mol. The van der Waals surface area contributed by atoms with Crippen molar-refractivity contribution in [3.63, 3.8) is 0 Å². The van der Waals surface area contributed by atoms with E-state index in [1.54, 1.807) is 0 Å². The quantitative estimate of drug-likeness (QED) is 0.829. The topological polar surface area (TPSA) is 21.7 Å². The Bertz CT molecular complexity index is 677. The highest BCUT2D eigenvalue weighted by Crippen LogP contribution is 2.45.